The first-order valence-electron chi connectivity index (χ1n) is 8.17. The largest absolute Gasteiger partial charge is 0.356 e. The fourth-order valence-corrected chi connectivity index (χ4v) is 3.86. The Morgan fingerprint density at radius 3 is 2.83 bits per heavy atom. The lowest BCUT2D eigenvalue weighted by molar-refractivity contribution is -0.126. The molecule has 1 aromatic heterocycles. The lowest BCUT2D eigenvalue weighted by atomic mass is 9.86. The molecule has 6 heteroatoms. The normalized spacial score (nSPS) is 23.9. The molecule has 2 fully saturated rings. The average molecular weight is 312 g/mol. The summed E-state index contributed by atoms with van der Waals surface area (Å²) in [5.41, 5.74) is 1.27. The maximum Gasteiger partial charge on any atom is 0.293 e. The van der Waals surface area contributed by atoms with Gasteiger partial charge in [0, 0.05) is 26.2 Å². The minimum absolute atomic E-state index is 0.0679. The zero-order valence-electron chi connectivity index (χ0n) is 13.2. The van der Waals surface area contributed by atoms with Crippen molar-refractivity contribution in [1.82, 2.24) is 14.9 Å². The number of nitrogens with zero attached hydrogens (tertiary/aromatic N) is 3. The van der Waals surface area contributed by atoms with Crippen LogP contribution in [0.2, 0.25) is 0 Å². The first kappa shape index (κ1) is 14.2. The predicted molar refractivity (Wildman–Crippen MR) is 88.6 cm³/mol. The molecular weight excluding hydrogens is 292 g/mol. The molecule has 0 aliphatic carbocycles. The van der Waals surface area contributed by atoms with Gasteiger partial charge in [-0.15, -0.1) is 0 Å². The number of fused-ring (bicyclic) bond motifs is 1. The smallest absolute Gasteiger partial charge is 0.293 e. The summed E-state index contributed by atoms with van der Waals surface area (Å²) in [6.07, 6.45) is 1.64. The number of carbonyl (C=O) groups excluding carboxylic acids is 1. The first-order chi connectivity index (χ1) is 11.1. The van der Waals surface area contributed by atoms with E-state index in [9.17, 15) is 9.59 Å². The van der Waals surface area contributed by atoms with Gasteiger partial charge in [0.15, 0.2) is 5.82 Å². The SMILES string of the molecule is CCn1c(=O)c(N2CC[C@]3(CCNC3=O)C2)nc2ccccc21. The zero-order chi connectivity index (χ0) is 16.0. The van der Waals surface area contributed by atoms with Crippen LogP contribution in [0.1, 0.15) is 19.8 Å². The van der Waals surface area contributed by atoms with Gasteiger partial charge in [-0.3, -0.25) is 9.59 Å². The second-order valence-corrected chi connectivity index (χ2v) is 6.43. The van der Waals surface area contributed by atoms with Crippen LogP contribution in [0.5, 0.6) is 0 Å². The third-order valence-electron chi connectivity index (χ3n) is 5.18. The third kappa shape index (κ3) is 2.04. The molecule has 0 radical (unpaired) electrons. The summed E-state index contributed by atoms with van der Waals surface area (Å²) in [4.78, 5) is 31.6. The van der Waals surface area contributed by atoms with Crippen LogP contribution in [-0.2, 0) is 11.3 Å². The molecule has 0 unspecified atom stereocenters. The summed E-state index contributed by atoms with van der Waals surface area (Å²) < 4.78 is 1.76. The van der Waals surface area contributed by atoms with E-state index in [1.54, 1.807) is 4.57 Å². The quantitative estimate of drug-likeness (QED) is 0.903. The highest BCUT2D eigenvalue weighted by Crippen LogP contribution is 2.38. The molecule has 1 amide bonds. The monoisotopic (exact) mass is 312 g/mol. The molecule has 2 aromatic rings. The van der Waals surface area contributed by atoms with E-state index in [1.165, 1.54) is 0 Å². The summed E-state index contributed by atoms with van der Waals surface area (Å²) >= 11 is 0. The van der Waals surface area contributed by atoms with Crippen LogP contribution in [0.25, 0.3) is 11.0 Å². The lowest BCUT2D eigenvalue weighted by Crippen LogP contribution is -2.37. The van der Waals surface area contributed by atoms with Crippen molar-refractivity contribution in [2.75, 3.05) is 24.5 Å². The van der Waals surface area contributed by atoms with Crippen molar-refractivity contribution in [2.24, 2.45) is 5.41 Å². The Morgan fingerprint density at radius 1 is 1.26 bits per heavy atom. The Hall–Kier alpha value is -2.37. The summed E-state index contributed by atoms with van der Waals surface area (Å²) in [5, 5.41) is 2.92. The third-order valence-corrected chi connectivity index (χ3v) is 5.18. The Labute approximate surface area is 134 Å². The standard InChI is InChI=1S/C17H20N4O2/c1-2-21-13-6-4-3-5-12(13)19-14(15(21)22)20-10-8-17(11-20)7-9-18-16(17)23/h3-6H,2,7-11H2,1H3,(H,18,23)/t17-/m1/s1. The number of anilines is 1. The van der Waals surface area contributed by atoms with Crippen molar-refractivity contribution in [3.63, 3.8) is 0 Å². The lowest BCUT2D eigenvalue weighted by Gasteiger charge is -2.22. The number of aryl methyl sites for hydroxylation is 1. The van der Waals surface area contributed by atoms with E-state index in [-0.39, 0.29) is 16.9 Å². The molecule has 2 aliphatic heterocycles. The predicted octanol–water partition coefficient (Wildman–Crippen LogP) is 1.13. The highest BCUT2D eigenvalue weighted by molar-refractivity contribution is 5.86. The van der Waals surface area contributed by atoms with Gasteiger partial charge < -0.3 is 14.8 Å². The van der Waals surface area contributed by atoms with Gasteiger partial charge in [0.2, 0.25) is 5.91 Å². The number of hydrogen-bond donors (Lipinski definition) is 1. The highest BCUT2D eigenvalue weighted by Gasteiger charge is 2.48. The number of rotatable bonds is 2. The van der Waals surface area contributed by atoms with Gasteiger partial charge in [-0.25, -0.2) is 4.98 Å². The molecular formula is C17H20N4O2. The number of carbonyl (C=O) groups is 1. The van der Waals surface area contributed by atoms with E-state index >= 15 is 0 Å². The van der Waals surface area contributed by atoms with Gasteiger partial charge in [0.25, 0.3) is 5.56 Å². The number of nitrogens with one attached hydrogen (secondary N) is 1. The Morgan fingerprint density at radius 2 is 2.09 bits per heavy atom. The van der Waals surface area contributed by atoms with Gasteiger partial charge in [-0.1, -0.05) is 12.1 Å². The van der Waals surface area contributed by atoms with E-state index in [0.29, 0.717) is 25.5 Å². The highest BCUT2D eigenvalue weighted by atomic mass is 16.2. The van der Waals surface area contributed by atoms with Crippen molar-refractivity contribution in [1.29, 1.82) is 0 Å². The number of aromatic nitrogens is 2. The molecule has 4 rings (SSSR count). The van der Waals surface area contributed by atoms with Gasteiger partial charge >= 0.3 is 0 Å². The van der Waals surface area contributed by atoms with E-state index in [4.69, 9.17) is 0 Å². The summed E-state index contributed by atoms with van der Waals surface area (Å²) in [7, 11) is 0. The Kier molecular flexibility index (Phi) is 3.14. The first-order valence-corrected chi connectivity index (χ1v) is 8.17. The van der Waals surface area contributed by atoms with Crippen molar-refractivity contribution in [3.05, 3.63) is 34.6 Å². The average Bonchev–Trinajstić information content (AvgIpc) is 3.15. The van der Waals surface area contributed by atoms with Crippen LogP contribution < -0.4 is 15.8 Å². The second kappa shape index (κ2) is 5.08. The van der Waals surface area contributed by atoms with Crippen molar-refractivity contribution in [2.45, 2.75) is 26.3 Å². The van der Waals surface area contributed by atoms with Gasteiger partial charge in [0.05, 0.1) is 16.4 Å². The molecule has 1 spiro atoms. The second-order valence-electron chi connectivity index (χ2n) is 6.43. The zero-order valence-corrected chi connectivity index (χ0v) is 13.2. The number of hydrogen-bond acceptors (Lipinski definition) is 4. The van der Waals surface area contributed by atoms with E-state index in [1.807, 2.05) is 36.1 Å². The molecule has 1 atom stereocenters. The van der Waals surface area contributed by atoms with Crippen LogP contribution in [0, 0.1) is 5.41 Å². The van der Waals surface area contributed by atoms with Gasteiger partial charge in [-0.2, -0.15) is 0 Å². The minimum Gasteiger partial charge on any atom is -0.356 e. The Bertz CT molecular complexity index is 844. The van der Waals surface area contributed by atoms with E-state index in [2.05, 4.69) is 10.3 Å². The minimum atomic E-state index is -0.336. The molecule has 23 heavy (non-hydrogen) atoms. The summed E-state index contributed by atoms with van der Waals surface area (Å²) in [6.45, 7) is 4.60. The fourth-order valence-electron chi connectivity index (χ4n) is 3.86. The van der Waals surface area contributed by atoms with Crippen LogP contribution in [0.4, 0.5) is 5.82 Å². The molecule has 1 N–H and O–H groups in total. The Balaban J connectivity index is 1.79. The van der Waals surface area contributed by atoms with Crippen LogP contribution in [-0.4, -0.2) is 35.1 Å². The van der Waals surface area contributed by atoms with Crippen molar-refractivity contribution < 1.29 is 4.79 Å². The van der Waals surface area contributed by atoms with Crippen molar-refractivity contribution >= 4 is 22.8 Å². The molecule has 2 saturated heterocycles. The molecule has 0 bridgehead atoms. The maximum absolute atomic E-state index is 12.8. The maximum atomic E-state index is 12.8. The molecule has 0 saturated carbocycles. The molecule has 3 heterocycles. The van der Waals surface area contributed by atoms with Crippen LogP contribution in [0.3, 0.4) is 0 Å². The van der Waals surface area contributed by atoms with E-state index in [0.717, 1.165) is 30.4 Å². The van der Waals surface area contributed by atoms with Crippen molar-refractivity contribution in [3.8, 4) is 0 Å². The number of benzene rings is 1. The summed E-state index contributed by atoms with van der Waals surface area (Å²) in [5.74, 6) is 0.596. The molecule has 120 valence electrons. The van der Waals surface area contributed by atoms with E-state index < -0.39 is 0 Å². The fraction of sp³-hybridized carbons (Fsp3) is 0.471. The molecule has 1 aromatic carbocycles. The van der Waals surface area contributed by atoms with Gasteiger partial charge in [0.1, 0.15) is 0 Å². The molecule has 6 nitrogen and oxygen atoms in total. The van der Waals surface area contributed by atoms with Gasteiger partial charge in [-0.05, 0) is 31.9 Å². The number of para-hydroxylation sites is 2. The molecule has 2 aliphatic rings. The number of amides is 1. The van der Waals surface area contributed by atoms with Crippen LogP contribution in [0.15, 0.2) is 29.1 Å². The topological polar surface area (TPSA) is 67.2 Å². The summed E-state index contributed by atoms with van der Waals surface area (Å²) in [6, 6.07) is 7.70. The van der Waals surface area contributed by atoms with Crippen LogP contribution >= 0.6 is 0 Å².